The van der Waals surface area contributed by atoms with E-state index in [0.717, 1.165) is 17.7 Å². The van der Waals surface area contributed by atoms with Gasteiger partial charge in [0.1, 0.15) is 5.75 Å². The van der Waals surface area contributed by atoms with E-state index >= 15 is 0 Å². The van der Waals surface area contributed by atoms with Crippen LogP contribution < -0.4 is 4.74 Å². The SMILES string of the molecule is CCOc1ccc(C2(C)OCCO2)c(CC)c1. The maximum absolute atomic E-state index is 5.71. The number of benzene rings is 1. The van der Waals surface area contributed by atoms with Crippen LogP contribution in [0.4, 0.5) is 0 Å². The zero-order chi connectivity index (χ0) is 12.3. The summed E-state index contributed by atoms with van der Waals surface area (Å²) < 4.78 is 16.9. The second kappa shape index (κ2) is 5.07. The van der Waals surface area contributed by atoms with E-state index in [4.69, 9.17) is 14.2 Å². The lowest BCUT2D eigenvalue weighted by atomic mass is 9.98. The maximum Gasteiger partial charge on any atom is 0.192 e. The highest BCUT2D eigenvalue weighted by Gasteiger charge is 2.34. The van der Waals surface area contributed by atoms with Gasteiger partial charge < -0.3 is 14.2 Å². The van der Waals surface area contributed by atoms with Crippen molar-refractivity contribution in [3.63, 3.8) is 0 Å². The molecule has 1 fully saturated rings. The van der Waals surface area contributed by atoms with Gasteiger partial charge in [-0.15, -0.1) is 0 Å². The number of hydrogen-bond acceptors (Lipinski definition) is 3. The normalized spacial score (nSPS) is 18.3. The van der Waals surface area contributed by atoms with E-state index in [1.807, 2.05) is 19.9 Å². The van der Waals surface area contributed by atoms with Gasteiger partial charge in [0.15, 0.2) is 5.79 Å². The predicted octanol–water partition coefficient (Wildman–Crippen LogP) is 2.87. The summed E-state index contributed by atoms with van der Waals surface area (Å²) in [4.78, 5) is 0. The molecule has 3 heteroatoms. The number of rotatable bonds is 4. The molecule has 0 spiro atoms. The Morgan fingerprint density at radius 1 is 1.24 bits per heavy atom. The summed E-state index contributed by atoms with van der Waals surface area (Å²) in [6, 6.07) is 6.11. The average molecular weight is 236 g/mol. The van der Waals surface area contributed by atoms with E-state index < -0.39 is 5.79 Å². The lowest BCUT2D eigenvalue weighted by molar-refractivity contribution is -0.150. The lowest BCUT2D eigenvalue weighted by Gasteiger charge is -2.25. The molecule has 0 atom stereocenters. The van der Waals surface area contributed by atoms with Crippen LogP contribution in [0.5, 0.6) is 5.75 Å². The number of hydrogen-bond donors (Lipinski definition) is 0. The molecule has 0 amide bonds. The van der Waals surface area contributed by atoms with E-state index in [1.54, 1.807) is 0 Å². The summed E-state index contributed by atoms with van der Waals surface area (Å²) in [7, 11) is 0. The topological polar surface area (TPSA) is 27.7 Å². The molecule has 0 aromatic heterocycles. The van der Waals surface area contributed by atoms with Gasteiger partial charge in [0.05, 0.1) is 19.8 Å². The van der Waals surface area contributed by atoms with Crippen LogP contribution in [0.1, 0.15) is 31.9 Å². The van der Waals surface area contributed by atoms with Crippen molar-refractivity contribution >= 4 is 0 Å². The first-order chi connectivity index (χ1) is 8.19. The molecule has 1 aliphatic heterocycles. The highest BCUT2D eigenvalue weighted by atomic mass is 16.7. The zero-order valence-corrected chi connectivity index (χ0v) is 10.8. The van der Waals surface area contributed by atoms with Gasteiger partial charge in [-0.1, -0.05) is 6.92 Å². The van der Waals surface area contributed by atoms with Gasteiger partial charge in [0.2, 0.25) is 0 Å². The van der Waals surface area contributed by atoms with Crippen molar-refractivity contribution in [2.75, 3.05) is 19.8 Å². The fourth-order valence-corrected chi connectivity index (χ4v) is 2.23. The molecule has 0 unspecified atom stereocenters. The molecule has 1 heterocycles. The van der Waals surface area contributed by atoms with Crippen LogP contribution in [0.2, 0.25) is 0 Å². The Hall–Kier alpha value is -1.06. The van der Waals surface area contributed by atoms with Crippen molar-refractivity contribution in [1.29, 1.82) is 0 Å². The van der Waals surface area contributed by atoms with E-state index in [1.165, 1.54) is 5.56 Å². The van der Waals surface area contributed by atoms with Crippen molar-refractivity contribution in [2.24, 2.45) is 0 Å². The second-order valence-electron chi connectivity index (χ2n) is 4.25. The van der Waals surface area contributed by atoms with Crippen LogP contribution >= 0.6 is 0 Å². The summed E-state index contributed by atoms with van der Waals surface area (Å²) >= 11 is 0. The third-order valence-corrected chi connectivity index (χ3v) is 3.10. The summed E-state index contributed by atoms with van der Waals surface area (Å²) in [5, 5.41) is 0. The lowest BCUT2D eigenvalue weighted by Crippen LogP contribution is -2.24. The van der Waals surface area contributed by atoms with Crippen molar-refractivity contribution < 1.29 is 14.2 Å². The number of ether oxygens (including phenoxy) is 3. The van der Waals surface area contributed by atoms with Crippen LogP contribution in [0.3, 0.4) is 0 Å². The summed E-state index contributed by atoms with van der Waals surface area (Å²) in [5.74, 6) is 0.325. The molecule has 0 aliphatic carbocycles. The molecular weight excluding hydrogens is 216 g/mol. The minimum Gasteiger partial charge on any atom is -0.494 e. The van der Waals surface area contributed by atoms with Gasteiger partial charge >= 0.3 is 0 Å². The highest BCUT2D eigenvalue weighted by molar-refractivity contribution is 5.38. The van der Waals surface area contributed by atoms with Crippen molar-refractivity contribution in [1.82, 2.24) is 0 Å². The minimum absolute atomic E-state index is 0.587. The number of aryl methyl sites for hydroxylation is 1. The molecule has 1 aromatic rings. The third-order valence-electron chi connectivity index (χ3n) is 3.10. The van der Waals surface area contributed by atoms with Gasteiger partial charge in [0.25, 0.3) is 0 Å². The molecule has 17 heavy (non-hydrogen) atoms. The first kappa shape index (κ1) is 12.4. The predicted molar refractivity (Wildman–Crippen MR) is 66.2 cm³/mol. The van der Waals surface area contributed by atoms with Gasteiger partial charge in [0, 0.05) is 5.56 Å². The monoisotopic (exact) mass is 236 g/mol. The smallest absolute Gasteiger partial charge is 0.192 e. The Morgan fingerprint density at radius 2 is 1.94 bits per heavy atom. The molecule has 94 valence electrons. The molecule has 0 saturated carbocycles. The Morgan fingerprint density at radius 3 is 2.53 bits per heavy atom. The van der Waals surface area contributed by atoms with Crippen LogP contribution in [-0.4, -0.2) is 19.8 Å². The second-order valence-corrected chi connectivity index (χ2v) is 4.25. The minimum atomic E-state index is -0.587. The van der Waals surface area contributed by atoms with Gasteiger partial charge in [-0.05, 0) is 44.0 Å². The fraction of sp³-hybridized carbons (Fsp3) is 0.571. The third kappa shape index (κ3) is 2.45. The Bertz CT molecular complexity index is 381. The van der Waals surface area contributed by atoms with E-state index in [-0.39, 0.29) is 0 Å². The molecule has 1 aromatic carbocycles. The van der Waals surface area contributed by atoms with Crippen LogP contribution in [0.25, 0.3) is 0 Å². The molecule has 0 N–H and O–H groups in total. The standard InChI is InChI=1S/C14H20O3/c1-4-11-10-12(15-5-2)6-7-13(11)14(3)16-8-9-17-14/h6-7,10H,4-5,8-9H2,1-3H3. The van der Waals surface area contributed by atoms with E-state index in [0.29, 0.717) is 19.8 Å². The summed E-state index contributed by atoms with van der Waals surface area (Å²) in [5.41, 5.74) is 2.33. The molecule has 3 nitrogen and oxygen atoms in total. The quantitative estimate of drug-likeness (QED) is 0.804. The Kier molecular flexibility index (Phi) is 3.69. The van der Waals surface area contributed by atoms with Crippen LogP contribution in [0.15, 0.2) is 18.2 Å². The largest absolute Gasteiger partial charge is 0.494 e. The molecule has 0 bridgehead atoms. The van der Waals surface area contributed by atoms with Gasteiger partial charge in [-0.25, -0.2) is 0 Å². The van der Waals surface area contributed by atoms with Gasteiger partial charge in [-0.3, -0.25) is 0 Å². The first-order valence-electron chi connectivity index (χ1n) is 6.23. The maximum atomic E-state index is 5.71. The average Bonchev–Trinajstić information content (AvgIpc) is 2.77. The van der Waals surface area contributed by atoms with E-state index in [2.05, 4.69) is 19.1 Å². The fourth-order valence-electron chi connectivity index (χ4n) is 2.23. The highest BCUT2D eigenvalue weighted by Crippen LogP contribution is 2.34. The van der Waals surface area contributed by atoms with E-state index in [9.17, 15) is 0 Å². The molecule has 1 aliphatic rings. The molecular formula is C14H20O3. The zero-order valence-electron chi connectivity index (χ0n) is 10.8. The Balaban J connectivity index is 2.33. The molecule has 1 saturated heterocycles. The van der Waals surface area contributed by atoms with Crippen molar-refractivity contribution in [3.05, 3.63) is 29.3 Å². The van der Waals surface area contributed by atoms with Crippen molar-refractivity contribution in [3.8, 4) is 5.75 Å². The van der Waals surface area contributed by atoms with Crippen LogP contribution in [-0.2, 0) is 21.7 Å². The Labute approximate surface area is 103 Å². The van der Waals surface area contributed by atoms with Gasteiger partial charge in [-0.2, -0.15) is 0 Å². The molecule has 0 radical (unpaired) electrons. The first-order valence-corrected chi connectivity index (χ1v) is 6.23. The van der Waals surface area contributed by atoms with Crippen LogP contribution in [0, 0.1) is 0 Å². The summed E-state index contributed by atoms with van der Waals surface area (Å²) in [6.45, 7) is 8.11. The molecule has 2 rings (SSSR count). The van der Waals surface area contributed by atoms with Crippen molar-refractivity contribution in [2.45, 2.75) is 33.0 Å². The summed E-state index contributed by atoms with van der Waals surface area (Å²) in [6.07, 6.45) is 0.943.